The first-order valence-electron chi connectivity index (χ1n) is 12.2. The fourth-order valence-corrected chi connectivity index (χ4v) is 7.85. The zero-order valence-corrected chi connectivity index (χ0v) is 24.9. The third-order valence-corrected chi connectivity index (χ3v) is 10.7. The summed E-state index contributed by atoms with van der Waals surface area (Å²) in [5, 5.41) is -1.25. The highest BCUT2D eigenvalue weighted by Crippen LogP contribution is 2.48. The molecular weight excluding hydrogens is 511 g/mol. The van der Waals surface area contributed by atoms with Crippen LogP contribution in [-0.4, -0.2) is 58.2 Å². The van der Waals surface area contributed by atoms with E-state index < -0.39 is 70.2 Å². The number of rotatable bonds is 7. The lowest BCUT2D eigenvalue weighted by Gasteiger charge is -2.52. The average Bonchev–Trinajstić information content (AvgIpc) is 3.19. The monoisotopic (exact) mass is 551 g/mol. The van der Waals surface area contributed by atoms with Crippen molar-refractivity contribution in [1.29, 1.82) is 0 Å². The second-order valence-electron chi connectivity index (χ2n) is 11.5. The number of hydrogen-bond donors (Lipinski definition) is 0. The van der Waals surface area contributed by atoms with Gasteiger partial charge in [-0.2, -0.15) is 13.2 Å². The zero-order chi connectivity index (χ0) is 27.9. The lowest BCUT2D eigenvalue weighted by molar-refractivity contribution is -0.139. The van der Waals surface area contributed by atoms with Gasteiger partial charge in [0.15, 0.2) is 19.6 Å². The molecule has 2 rings (SSSR count). The van der Waals surface area contributed by atoms with Gasteiger partial charge in [0.1, 0.15) is 5.60 Å². The molecule has 11 heteroatoms. The minimum Gasteiger partial charge on any atom is -0.444 e. The molecule has 0 aliphatic carbocycles. The Morgan fingerprint density at radius 3 is 2.11 bits per heavy atom. The lowest BCUT2D eigenvalue weighted by Crippen LogP contribution is -2.61. The summed E-state index contributed by atoms with van der Waals surface area (Å²) in [6.45, 7) is 16.7. The molecule has 1 aromatic rings. The van der Waals surface area contributed by atoms with Gasteiger partial charge in [0.05, 0.1) is 27.4 Å². The first-order chi connectivity index (χ1) is 16.2. The van der Waals surface area contributed by atoms with Gasteiger partial charge in [-0.25, -0.2) is 13.2 Å². The highest BCUT2D eigenvalue weighted by molar-refractivity contribution is 7.92. The van der Waals surface area contributed by atoms with Crippen molar-refractivity contribution >= 4 is 25.7 Å². The Bertz CT molecular complexity index is 1050. The molecule has 3 atom stereocenters. The molecule has 36 heavy (non-hydrogen) atoms. The van der Waals surface area contributed by atoms with Crippen LogP contribution in [-0.2, 0) is 25.2 Å². The lowest BCUT2D eigenvalue weighted by atomic mass is 9.65. The van der Waals surface area contributed by atoms with Crippen molar-refractivity contribution in [3.63, 3.8) is 0 Å². The van der Waals surface area contributed by atoms with Crippen LogP contribution >= 0.6 is 0 Å². The first-order valence-corrected chi connectivity index (χ1v) is 15.8. The highest BCUT2D eigenvalue weighted by atomic mass is 32.2. The number of ether oxygens (including phenoxy) is 1. The van der Waals surface area contributed by atoms with E-state index in [1.54, 1.807) is 20.8 Å². The predicted molar refractivity (Wildman–Crippen MR) is 136 cm³/mol. The van der Waals surface area contributed by atoms with E-state index in [0.29, 0.717) is 0 Å². The van der Waals surface area contributed by atoms with Crippen LogP contribution in [0.4, 0.5) is 18.0 Å². The minimum absolute atomic E-state index is 0.0607. The van der Waals surface area contributed by atoms with Crippen LogP contribution in [0.3, 0.4) is 0 Å². The fraction of sp³-hybridized carbons (Fsp3) is 0.720. The van der Waals surface area contributed by atoms with Crippen molar-refractivity contribution in [2.75, 3.05) is 6.54 Å². The SMILES string of the molecule is C[SiH2]OC(C)([C@H]1C[C@H](S(=O)(=O)c2ccccc2C(F)(F)F)CN1C(=O)OC(C)(C)C)C(C)(C)C(C)C. The first kappa shape index (κ1) is 30.6. The topological polar surface area (TPSA) is 72.9 Å². The molecule has 0 bridgehead atoms. The molecule has 206 valence electrons. The van der Waals surface area contributed by atoms with Gasteiger partial charge in [0, 0.05) is 6.54 Å². The molecular formula is C25H40F3NO5SSi. The molecule has 1 fully saturated rings. The summed E-state index contributed by atoms with van der Waals surface area (Å²) in [4.78, 5) is 13.9. The summed E-state index contributed by atoms with van der Waals surface area (Å²) in [6.07, 6.45) is -5.60. The Hall–Kier alpha value is -1.59. The Morgan fingerprint density at radius 2 is 1.64 bits per heavy atom. The summed E-state index contributed by atoms with van der Waals surface area (Å²) in [7, 11) is -5.47. The standard InChI is InChI=1S/C25H40F3NO5SSi/c1-16(2)23(6,7)24(8,34-36-9)20-14-17(15-29(20)21(30)33-22(3,4)5)35(31,32)19-13-11-10-12-18(19)25(26,27)28/h10-13,16-17,20H,14-15,36H2,1-9H3/t17-,20+,24?/m0/s1. The van der Waals surface area contributed by atoms with Gasteiger partial charge in [0.25, 0.3) is 0 Å². The number of amides is 1. The molecule has 0 aromatic heterocycles. The van der Waals surface area contributed by atoms with Gasteiger partial charge in [0.2, 0.25) is 0 Å². The molecule has 0 N–H and O–H groups in total. The van der Waals surface area contributed by atoms with Crippen molar-refractivity contribution < 1.29 is 35.5 Å². The highest BCUT2D eigenvalue weighted by Gasteiger charge is 2.57. The number of carbonyl (C=O) groups is 1. The van der Waals surface area contributed by atoms with Crippen molar-refractivity contribution in [3.05, 3.63) is 29.8 Å². The van der Waals surface area contributed by atoms with Crippen LogP contribution in [0.2, 0.25) is 6.55 Å². The average molecular weight is 552 g/mol. The van der Waals surface area contributed by atoms with Gasteiger partial charge >= 0.3 is 12.3 Å². The summed E-state index contributed by atoms with van der Waals surface area (Å²) in [5.74, 6) is 0.102. The van der Waals surface area contributed by atoms with Crippen LogP contribution in [0.5, 0.6) is 0 Å². The molecule has 1 aliphatic heterocycles. The zero-order valence-electron chi connectivity index (χ0n) is 22.7. The van der Waals surface area contributed by atoms with Crippen molar-refractivity contribution in [1.82, 2.24) is 4.90 Å². The van der Waals surface area contributed by atoms with Crippen LogP contribution in [0.25, 0.3) is 0 Å². The minimum atomic E-state index is -4.84. The molecule has 1 saturated heterocycles. The summed E-state index contributed by atoms with van der Waals surface area (Å²) >= 11 is 0. The van der Waals surface area contributed by atoms with Crippen LogP contribution in [0, 0.1) is 11.3 Å². The van der Waals surface area contributed by atoms with Gasteiger partial charge in [-0.1, -0.05) is 46.4 Å². The summed E-state index contributed by atoms with van der Waals surface area (Å²) < 4.78 is 80.4. The number of likely N-dealkylation sites (tertiary alicyclic amines) is 1. The van der Waals surface area contributed by atoms with E-state index in [1.807, 2.05) is 41.2 Å². The molecule has 0 saturated carbocycles. The number of halogens is 3. The van der Waals surface area contributed by atoms with Crippen LogP contribution in [0.15, 0.2) is 29.2 Å². The van der Waals surface area contributed by atoms with Crippen molar-refractivity contribution in [2.45, 2.75) is 102 Å². The molecule has 1 amide bonds. The van der Waals surface area contributed by atoms with E-state index in [-0.39, 0.29) is 18.9 Å². The molecule has 0 radical (unpaired) electrons. The third-order valence-electron chi connectivity index (χ3n) is 7.63. The number of carbonyl (C=O) groups excluding carboxylic acids is 1. The largest absolute Gasteiger partial charge is 0.444 e. The summed E-state index contributed by atoms with van der Waals surface area (Å²) in [6, 6.07) is 3.47. The molecule has 6 nitrogen and oxygen atoms in total. The molecule has 0 spiro atoms. The van der Waals surface area contributed by atoms with E-state index in [4.69, 9.17) is 9.16 Å². The van der Waals surface area contributed by atoms with Crippen molar-refractivity contribution in [3.8, 4) is 0 Å². The maximum atomic E-state index is 13.7. The van der Waals surface area contributed by atoms with Gasteiger partial charge in [-0.15, -0.1) is 0 Å². The summed E-state index contributed by atoms with van der Waals surface area (Å²) in [5.41, 5.74) is -3.50. The predicted octanol–water partition coefficient (Wildman–Crippen LogP) is 5.45. The Kier molecular flexibility index (Phi) is 8.75. The van der Waals surface area contributed by atoms with E-state index in [9.17, 15) is 26.4 Å². The number of alkyl halides is 3. The van der Waals surface area contributed by atoms with Gasteiger partial charge in [-0.05, 0) is 57.6 Å². The second kappa shape index (κ2) is 10.3. The van der Waals surface area contributed by atoms with Crippen molar-refractivity contribution in [2.24, 2.45) is 11.3 Å². The van der Waals surface area contributed by atoms with Crippen LogP contribution < -0.4 is 0 Å². The second-order valence-corrected chi connectivity index (χ2v) is 14.5. The van der Waals surface area contributed by atoms with E-state index in [0.717, 1.165) is 18.2 Å². The molecule has 1 aromatic carbocycles. The Labute approximate surface area is 215 Å². The molecule has 1 heterocycles. The van der Waals surface area contributed by atoms with Gasteiger partial charge in [-0.3, -0.25) is 0 Å². The number of benzene rings is 1. The fourth-order valence-electron chi connectivity index (χ4n) is 4.78. The normalized spacial score (nSPS) is 21.9. The smallest absolute Gasteiger partial charge is 0.417 e. The number of nitrogens with zero attached hydrogens (tertiary/aromatic N) is 1. The maximum Gasteiger partial charge on any atom is 0.417 e. The number of sulfone groups is 1. The van der Waals surface area contributed by atoms with E-state index in [1.165, 1.54) is 11.0 Å². The maximum absolute atomic E-state index is 13.7. The number of hydrogen-bond acceptors (Lipinski definition) is 5. The van der Waals surface area contributed by atoms with Gasteiger partial charge < -0.3 is 14.1 Å². The van der Waals surface area contributed by atoms with E-state index >= 15 is 0 Å². The molecule has 1 unspecified atom stereocenters. The van der Waals surface area contributed by atoms with E-state index in [2.05, 4.69) is 0 Å². The Balaban J connectivity index is 2.67. The molecule has 1 aliphatic rings. The third kappa shape index (κ3) is 5.93. The Morgan fingerprint density at radius 1 is 1.08 bits per heavy atom. The quantitative estimate of drug-likeness (QED) is 0.422. The van der Waals surface area contributed by atoms with Crippen LogP contribution in [0.1, 0.15) is 67.4 Å².